The molecular weight excluding hydrogens is 236 g/mol. The Kier molecular flexibility index (Phi) is 6.07. The van der Waals surface area contributed by atoms with Gasteiger partial charge in [0.25, 0.3) is 0 Å². The summed E-state index contributed by atoms with van der Waals surface area (Å²) >= 11 is 0.456. The van der Waals surface area contributed by atoms with Gasteiger partial charge in [0.1, 0.15) is 12.1 Å². The van der Waals surface area contributed by atoms with Crippen LogP contribution >= 0.6 is 12.1 Å². The Bertz CT molecular complexity index is 492. The summed E-state index contributed by atoms with van der Waals surface area (Å²) in [6, 6.07) is 16.7. The zero-order valence-corrected chi connectivity index (χ0v) is 9.55. The summed E-state index contributed by atoms with van der Waals surface area (Å²) in [5.41, 5.74) is 0. The van der Waals surface area contributed by atoms with Crippen LogP contribution in [0.5, 0.6) is 0 Å². The van der Waals surface area contributed by atoms with Gasteiger partial charge in [-0.15, -0.1) is 8.80 Å². The molecule has 0 saturated heterocycles. The molecule has 0 radical (unpaired) electrons. The van der Waals surface area contributed by atoms with Crippen molar-refractivity contribution < 1.29 is 9.59 Å². The van der Waals surface area contributed by atoms with Gasteiger partial charge in [-0.1, -0.05) is 48.5 Å². The summed E-state index contributed by atoms with van der Waals surface area (Å²) in [5.74, 6) is 0. The molecule has 0 atom stereocenters. The molecule has 84 valence electrons. The average molecular weight is 244 g/mol. The molecule has 4 nitrogen and oxygen atoms in total. The topological polar surface area (TPSA) is 58.9 Å². The number of carbonyl (C=O) groups excluding carboxylic acids is 2. The highest BCUT2D eigenvalue weighted by molar-refractivity contribution is 7.96. The van der Waals surface area contributed by atoms with Gasteiger partial charge in [-0.05, 0) is 10.8 Å². The number of rotatable bonds is 2. The minimum atomic E-state index is 0.456. The predicted molar refractivity (Wildman–Crippen MR) is 67.8 cm³/mol. The van der Waals surface area contributed by atoms with E-state index in [1.807, 2.05) is 0 Å². The van der Waals surface area contributed by atoms with E-state index in [0.717, 1.165) is 0 Å². The Morgan fingerprint density at radius 3 is 1.41 bits per heavy atom. The lowest BCUT2D eigenvalue weighted by Gasteiger charge is -1.92. The van der Waals surface area contributed by atoms with Crippen molar-refractivity contribution in [2.45, 2.75) is 0 Å². The first-order chi connectivity index (χ1) is 8.38. The maximum absolute atomic E-state index is 9.18. The molecular formula is C12H8N2O2S. The van der Waals surface area contributed by atoms with Gasteiger partial charge in [0.2, 0.25) is 12.2 Å². The molecule has 2 rings (SSSR count). The van der Waals surface area contributed by atoms with E-state index in [1.54, 1.807) is 0 Å². The molecule has 17 heavy (non-hydrogen) atoms. The van der Waals surface area contributed by atoms with Gasteiger partial charge < -0.3 is 0 Å². The van der Waals surface area contributed by atoms with E-state index < -0.39 is 0 Å². The molecule has 0 N–H and O–H groups in total. The van der Waals surface area contributed by atoms with Crippen molar-refractivity contribution in [1.82, 2.24) is 0 Å². The Labute approximate surface area is 102 Å². The van der Waals surface area contributed by atoms with E-state index in [4.69, 9.17) is 0 Å². The number of nitrogens with zero attached hydrogens (tertiary/aromatic N) is 2. The third kappa shape index (κ3) is 4.91. The van der Waals surface area contributed by atoms with Crippen LogP contribution in [0.4, 0.5) is 0 Å². The number of hydrogen-bond donors (Lipinski definition) is 0. The molecule has 0 spiro atoms. The van der Waals surface area contributed by atoms with Crippen LogP contribution in [0.1, 0.15) is 0 Å². The lowest BCUT2D eigenvalue weighted by atomic mass is 10.1. The Morgan fingerprint density at radius 1 is 0.765 bits per heavy atom. The van der Waals surface area contributed by atoms with E-state index in [9.17, 15) is 9.59 Å². The van der Waals surface area contributed by atoms with Gasteiger partial charge in [0.15, 0.2) is 0 Å². The second kappa shape index (κ2) is 8.02. The van der Waals surface area contributed by atoms with Crippen molar-refractivity contribution in [2.75, 3.05) is 0 Å². The number of benzene rings is 2. The first-order valence-electron chi connectivity index (χ1n) is 4.63. The predicted octanol–water partition coefficient (Wildman–Crippen LogP) is 3.06. The highest BCUT2D eigenvalue weighted by Gasteiger charge is 1.85. The van der Waals surface area contributed by atoms with Crippen molar-refractivity contribution in [3.63, 3.8) is 0 Å². The van der Waals surface area contributed by atoms with Gasteiger partial charge in [0.05, 0.1) is 0 Å². The first kappa shape index (κ1) is 12.9. The van der Waals surface area contributed by atoms with E-state index in [1.165, 1.54) is 22.9 Å². The molecule has 5 heteroatoms. The van der Waals surface area contributed by atoms with Gasteiger partial charge in [0, 0.05) is 0 Å². The molecule has 0 aromatic heterocycles. The van der Waals surface area contributed by atoms with Crippen LogP contribution in [0.25, 0.3) is 10.8 Å². The lowest BCUT2D eigenvalue weighted by Crippen LogP contribution is -1.67. The standard InChI is InChI=1S/C10H8.C2N2O2S/c1-2-6-10-8-4-3-7-9(10)5-1;5-1-3-7-4-2-6/h1-8H;. The van der Waals surface area contributed by atoms with Crippen LogP contribution in [0.15, 0.2) is 57.3 Å². The first-order valence-corrected chi connectivity index (χ1v) is 5.36. The van der Waals surface area contributed by atoms with E-state index in [2.05, 4.69) is 57.3 Å². The lowest BCUT2D eigenvalue weighted by molar-refractivity contribution is 0.566. The van der Waals surface area contributed by atoms with Crippen molar-refractivity contribution in [2.24, 2.45) is 8.80 Å². The highest BCUT2D eigenvalue weighted by atomic mass is 32.2. The summed E-state index contributed by atoms with van der Waals surface area (Å²) in [7, 11) is 0. The van der Waals surface area contributed by atoms with Crippen LogP contribution in [-0.4, -0.2) is 12.2 Å². The van der Waals surface area contributed by atoms with Gasteiger partial charge in [-0.3, -0.25) is 0 Å². The molecule has 0 aliphatic rings. The quantitative estimate of drug-likeness (QED) is 0.463. The summed E-state index contributed by atoms with van der Waals surface area (Å²) in [6.07, 6.45) is 2.34. The zero-order chi connectivity index (χ0) is 12.3. The van der Waals surface area contributed by atoms with Crippen LogP contribution in [0, 0.1) is 0 Å². The molecule has 0 amide bonds. The Morgan fingerprint density at radius 2 is 1.12 bits per heavy atom. The average Bonchev–Trinajstić information content (AvgIpc) is 2.40. The fourth-order valence-corrected chi connectivity index (χ4v) is 1.29. The summed E-state index contributed by atoms with van der Waals surface area (Å²) in [4.78, 5) is 18.4. The van der Waals surface area contributed by atoms with E-state index >= 15 is 0 Å². The van der Waals surface area contributed by atoms with Crippen molar-refractivity contribution in [3.05, 3.63) is 48.5 Å². The van der Waals surface area contributed by atoms with Crippen LogP contribution < -0.4 is 0 Å². The third-order valence-electron chi connectivity index (χ3n) is 1.81. The molecule has 2 aromatic carbocycles. The second-order valence-corrected chi connectivity index (χ2v) is 3.32. The minimum absolute atomic E-state index is 0.456. The highest BCUT2D eigenvalue weighted by Crippen LogP contribution is 2.11. The van der Waals surface area contributed by atoms with Crippen LogP contribution in [0.2, 0.25) is 0 Å². The van der Waals surface area contributed by atoms with Crippen LogP contribution in [0.3, 0.4) is 0 Å². The van der Waals surface area contributed by atoms with Gasteiger partial charge in [-0.25, -0.2) is 9.59 Å². The zero-order valence-electron chi connectivity index (χ0n) is 8.74. The van der Waals surface area contributed by atoms with Crippen molar-refractivity contribution in [1.29, 1.82) is 0 Å². The fourth-order valence-electron chi connectivity index (χ4n) is 1.19. The number of hydrogen-bond acceptors (Lipinski definition) is 5. The van der Waals surface area contributed by atoms with Crippen molar-refractivity contribution >= 4 is 35.1 Å². The number of isocyanates is 2. The SMILES string of the molecule is O=C=NSN=C=O.c1ccc2ccccc2c1. The van der Waals surface area contributed by atoms with Gasteiger partial charge >= 0.3 is 0 Å². The minimum Gasteiger partial charge on any atom is -0.210 e. The molecule has 0 saturated carbocycles. The molecule has 2 aromatic rings. The molecule has 0 aliphatic carbocycles. The normalized spacial score (nSPS) is 8.24. The maximum atomic E-state index is 9.18. The van der Waals surface area contributed by atoms with E-state index in [0.29, 0.717) is 12.1 Å². The Hall–Kier alpha value is -2.19. The molecule has 0 aliphatic heterocycles. The van der Waals surface area contributed by atoms with Crippen LogP contribution in [-0.2, 0) is 9.59 Å². The van der Waals surface area contributed by atoms with Gasteiger partial charge in [-0.2, -0.15) is 0 Å². The summed E-state index contributed by atoms with van der Waals surface area (Å²) < 4.78 is 5.69. The largest absolute Gasteiger partial charge is 0.249 e. The molecule has 0 heterocycles. The monoisotopic (exact) mass is 244 g/mol. The third-order valence-corrected chi connectivity index (χ3v) is 2.13. The molecule has 0 bridgehead atoms. The molecule has 0 unspecified atom stereocenters. The maximum Gasteiger partial charge on any atom is 0.249 e. The summed E-state index contributed by atoms with van der Waals surface area (Å²) in [5, 5.41) is 2.62. The van der Waals surface area contributed by atoms with Crippen molar-refractivity contribution in [3.8, 4) is 0 Å². The smallest absolute Gasteiger partial charge is 0.210 e. The van der Waals surface area contributed by atoms with E-state index in [-0.39, 0.29) is 0 Å². The fraction of sp³-hybridized carbons (Fsp3) is 0. The number of fused-ring (bicyclic) bond motifs is 1. The molecule has 0 fully saturated rings. The summed E-state index contributed by atoms with van der Waals surface area (Å²) in [6.45, 7) is 0. The second-order valence-electron chi connectivity index (χ2n) is 2.79. The Balaban J connectivity index is 0.000000185.